The molecule has 2 heterocycles. The second-order valence-corrected chi connectivity index (χ2v) is 7.10. The number of benzene rings is 1. The van der Waals surface area contributed by atoms with Crippen LogP contribution in [-0.2, 0) is 17.5 Å². The average Bonchev–Trinajstić information content (AvgIpc) is 3.22. The Morgan fingerprint density at radius 3 is 2.71 bits per heavy atom. The third-order valence-corrected chi connectivity index (χ3v) is 4.88. The van der Waals surface area contributed by atoms with Crippen molar-refractivity contribution in [3.05, 3.63) is 58.1 Å². The van der Waals surface area contributed by atoms with Gasteiger partial charge in [0.05, 0.1) is 36.2 Å². The average molecular weight is 413 g/mol. The lowest BCUT2D eigenvalue weighted by Crippen LogP contribution is -2.05. The first-order valence-electron chi connectivity index (χ1n) is 8.21. The van der Waals surface area contributed by atoms with E-state index in [4.69, 9.17) is 4.74 Å². The van der Waals surface area contributed by atoms with Gasteiger partial charge in [0, 0.05) is 16.6 Å². The summed E-state index contributed by atoms with van der Waals surface area (Å²) in [6.45, 7) is 3.91. The molecule has 28 heavy (non-hydrogen) atoms. The number of rotatable bonds is 5. The van der Waals surface area contributed by atoms with Gasteiger partial charge in [0.2, 0.25) is 0 Å². The Morgan fingerprint density at radius 1 is 1.29 bits per heavy atom. The van der Waals surface area contributed by atoms with Gasteiger partial charge in [0.25, 0.3) is 0 Å². The third kappa shape index (κ3) is 4.38. The highest BCUT2D eigenvalue weighted by Gasteiger charge is 2.31. The van der Waals surface area contributed by atoms with Gasteiger partial charge in [-0.2, -0.15) is 18.3 Å². The van der Waals surface area contributed by atoms with Gasteiger partial charge in [-0.15, -0.1) is 11.3 Å². The van der Waals surface area contributed by atoms with Crippen molar-refractivity contribution in [2.45, 2.75) is 26.6 Å². The molecule has 5 nitrogen and oxygen atoms in total. The van der Waals surface area contributed by atoms with E-state index in [1.54, 1.807) is 13.8 Å². The molecule has 0 N–H and O–H groups in total. The Morgan fingerprint density at radius 2 is 2.04 bits per heavy atom. The standard InChI is InChI=1S/C18H15F4N3O2S/c1-3-27-17(26)12-7-23-25(8-12)9-15-10(2)28-16(24-15)11-4-13(18(20,21)22)6-14(19)5-11/h4-8H,3,9H2,1-2H3. The monoisotopic (exact) mass is 413 g/mol. The summed E-state index contributed by atoms with van der Waals surface area (Å²) in [6, 6.07) is 2.34. The Balaban J connectivity index is 1.86. The van der Waals surface area contributed by atoms with Crippen molar-refractivity contribution in [1.29, 1.82) is 0 Å². The van der Waals surface area contributed by atoms with Crippen molar-refractivity contribution in [2.24, 2.45) is 0 Å². The van der Waals surface area contributed by atoms with E-state index in [1.165, 1.54) is 17.1 Å². The van der Waals surface area contributed by atoms with E-state index in [2.05, 4.69) is 10.1 Å². The van der Waals surface area contributed by atoms with Gasteiger partial charge in [-0.25, -0.2) is 14.2 Å². The molecule has 0 bridgehead atoms. The first-order chi connectivity index (χ1) is 13.2. The van der Waals surface area contributed by atoms with E-state index in [0.29, 0.717) is 11.8 Å². The molecule has 0 radical (unpaired) electrons. The smallest absolute Gasteiger partial charge is 0.416 e. The third-order valence-electron chi connectivity index (χ3n) is 3.82. The highest BCUT2D eigenvalue weighted by Crippen LogP contribution is 2.35. The summed E-state index contributed by atoms with van der Waals surface area (Å²) < 4.78 is 58.8. The predicted molar refractivity (Wildman–Crippen MR) is 94.5 cm³/mol. The van der Waals surface area contributed by atoms with Gasteiger partial charge in [-0.3, -0.25) is 4.68 Å². The topological polar surface area (TPSA) is 57.0 Å². The van der Waals surface area contributed by atoms with Crippen LogP contribution in [0.15, 0.2) is 30.6 Å². The molecule has 0 spiro atoms. The second kappa shape index (κ2) is 7.70. The Labute approximate surface area is 161 Å². The lowest BCUT2D eigenvalue weighted by Gasteiger charge is -2.08. The zero-order valence-electron chi connectivity index (χ0n) is 14.9. The molecule has 0 saturated carbocycles. The summed E-state index contributed by atoms with van der Waals surface area (Å²) in [6.07, 6.45) is -1.78. The fourth-order valence-corrected chi connectivity index (χ4v) is 3.41. The first-order valence-corrected chi connectivity index (χ1v) is 9.03. The van der Waals surface area contributed by atoms with E-state index < -0.39 is 23.5 Å². The number of aryl methyl sites for hydroxylation is 1. The number of thiazole rings is 1. The molecule has 2 aromatic heterocycles. The van der Waals surface area contributed by atoms with Crippen LogP contribution in [0.4, 0.5) is 17.6 Å². The first kappa shape index (κ1) is 20.0. The van der Waals surface area contributed by atoms with E-state index >= 15 is 0 Å². The van der Waals surface area contributed by atoms with Crippen LogP contribution in [0.3, 0.4) is 0 Å². The SMILES string of the molecule is CCOC(=O)c1cnn(Cc2nc(-c3cc(F)cc(C(F)(F)F)c3)sc2C)c1. The van der Waals surface area contributed by atoms with Gasteiger partial charge >= 0.3 is 12.1 Å². The van der Waals surface area contributed by atoms with Gasteiger partial charge in [-0.1, -0.05) is 0 Å². The summed E-state index contributed by atoms with van der Waals surface area (Å²) in [7, 11) is 0. The molecule has 148 valence electrons. The van der Waals surface area contributed by atoms with Crippen LogP contribution in [-0.4, -0.2) is 27.3 Å². The maximum atomic E-state index is 13.7. The fraction of sp³-hybridized carbons (Fsp3) is 0.278. The Bertz CT molecular complexity index is 1010. The Kier molecular flexibility index (Phi) is 5.50. The molecule has 0 atom stereocenters. The summed E-state index contributed by atoms with van der Waals surface area (Å²) in [4.78, 5) is 16.8. The van der Waals surface area contributed by atoms with Crippen LogP contribution in [0.2, 0.25) is 0 Å². The van der Waals surface area contributed by atoms with Gasteiger partial charge in [-0.05, 0) is 32.0 Å². The molecule has 1 aromatic carbocycles. The number of carbonyl (C=O) groups excluding carboxylic acids is 1. The summed E-state index contributed by atoms with van der Waals surface area (Å²) in [5.74, 6) is -1.48. The maximum Gasteiger partial charge on any atom is 0.416 e. The van der Waals surface area contributed by atoms with E-state index in [9.17, 15) is 22.4 Å². The van der Waals surface area contributed by atoms with Crippen LogP contribution >= 0.6 is 11.3 Å². The van der Waals surface area contributed by atoms with Crippen molar-refractivity contribution in [1.82, 2.24) is 14.8 Å². The van der Waals surface area contributed by atoms with Crippen LogP contribution in [0, 0.1) is 12.7 Å². The minimum atomic E-state index is -4.65. The molecular weight excluding hydrogens is 398 g/mol. The molecule has 0 aliphatic carbocycles. The number of ether oxygens (including phenoxy) is 1. The number of hydrogen-bond donors (Lipinski definition) is 0. The van der Waals surface area contributed by atoms with Crippen molar-refractivity contribution in [3.63, 3.8) is 0 Å². The molecule has 0 amide bonds. The molecule has 0 fully saturated rings. The lowest BCUT2D eigenvalue weighted by molar-refractivity contribution is -0.137. The highest BCUT2D eigenvalue weighted by atomic mass is 32.1. The molecule has 10 heteroatoms. The highest BCUT2D eigenvalue weighted by molar-refractivity contribution is 7.15. The number of hydrogen-bond acceptors (Lipinski definition) is 5. The van der Waals surface area contributed by atoms with Crippen LogP contribution in [0.5, 0.6) is 0 Å². The fourth-order valence-electron chi connectivity index (χ4n) is 2.50. The van der Waals surface area contributed by atoms with Crippen molar-refractivity contribution < 1.29 is 27.1 Å². The molecule has 3 aromatic rings. The number of carbonyl (C=O) groups is 1. The molecule has 0 saturated heterocycles. The quantitative estimate of drug-likeness (QED) is 0.450. The maximum absolute atomic E-state index is 13.7. The van der Waals surface area contributed by atoms with Crippen LogP contribution in [0.25, 0.3) is 10.6 Å². The minimum Gasteiger partial charge on any atom is -0.462 e. The van der Waals surface area contributed by atoms with Gasteiger partial charge in [0.1, 0.15) is 10.8 Å². The van der Waals surface area contributed by atoms with E-state index in [-0.39, 0.29) is 29.3 Å². The zero-order valence-corrected chi connectivity index (χ0v) is 15.7. The number of aromatic nitrogens is 3. The molecule has 3 rings (SSSR count). The summed E-state index contributed by atoms with van der Waals surface area (Å²) in [5, 5.41) is 4.34. The molecule has 0 aliphatic heterocycles. The number of esters is 1. The van der Waals surface area contributed by atoms with Crippen LogP contribution < -0.4 is 0 Å². The lowest BCUT2D eigenvalue weighted by atomic mass is 10.1. The largest absolute Gasteiger partial charge is 0.462 e. The minimum absolute atomic E-state index is 0.0550. The number of halogens is 4. The molecule has 0 aliphatic rings. The van der Waals surface area contributed by atoms with Gasteiger partial charge in [0.15, 0.2) is 0 Å². The number of nitrogens with zero attached hydrogens (tertiary/aromatic N) is 3. The second-order valence-electron chi connectivity index (χ2n) is 5.90. The van der Waals surface area contributed by atoms with Crippen LogP contribution in [0.1, 0.15) is 33.4 Å². The van der Waals surface area contributed by atoms with E-state index in [1.807, 2.05) is 0 Å². The summed E-state index contributed by atoms with van der Waals surface area (Å²) >= 11 is 1.16. The molecular formula is C18H15F4N3O2S. The van der Waals surface area contributed by atoms with Gasteiger partial charge < -0.3 is 4.74 Å². The zero-order chi connectivity index (χ0) is 20.5. The Hall–Kier alpha value is -2.75. The molecule has 0 unspecified atom stereocenters. The predicted octanol–water partition coefficient (Wildman–Crippen LogP) is 4.70. The number of alkyl halides is 3. The normalized spacial score (nSPS) is 11.6. The van der Waals surface area contributed by atoms with E-state index in [0.717, 1.165) is 28.3 Å². The summed E-state index contributed by atoms with van der Waals surface area (Å²) in [5.41, 5.74) is -0.159. The van der Waals surface area contributed by atoms with Crippen molar-refractivity contribution >= 4 is 17.3 Å². The van der Waals surface area contributed by atoms with Crippen molar-refractivity contribution in [2.75, 3.05) is 6.61 Å². The van der Waals surface area contributed by atoms with Crippen molar-refractivity contribution in [3.8, 4) is 10.6 Å².